The monoisotopic (exact) mass is 430 g/mol. The minimum atomic E-state index is -4.32. The minimum Gasteiger partial charge on any atom is -0.395 e. The molecule has 0 radical (unpaired) electrons. The number of halogens is 1. The molecule has 7 heteroatoms. The third kappa shape index (κ3) is 3.34. The van der Waals surface area contributed by atoms with Gasteiger partial charge >= 0.3 is 7.82 Å². The van der Waals surface area contributed by atoms with Crippen molar-refractivity contribution in [2.75, 3.05) is 0 Å². The van der Waals surface area contributed by atoms with Crippen LogP contribution >= 0.6 is 30.4 Å². The van der Waals surface area contributed by atoms with Crippen molar-refractivity contribution in [1.82, 2.24) is 0 Å². The van der Waals surface area contributed by atoms with E-state index in [2.05, 4.69) is 22.6 Å². The summed E-state index contributed by atoms with van der Waals surface area (Å²) in [5.41, 5.74) is 1.21. The zero-order valence-electron chi connectivity index (χ0n) is 11.4. The molecule has 0 fully saturated rings. The third-order valence-corrected chi connectivity index (χ3v) is 4.81. The summed E-state index contributed by atoms with van der Waals surface area (Å²) in [6.45, 7) is 0. The van der Waals surface area contributed by atoms with Crippen LogP contribution in [0.3, 0.4) is 0 Å². The number of Topliss-reactive ketones (excluding diaryl/α,β-unsaturated/α-hetero) is 1. The number of hydrogen-bond acceptors (Lipinski definition) is 4. The van der Waals surface area contributed by atoms with Gasteiger partial charge in [-0.2, -0.15) is 0 Å². The summed E-state index contributed by atoms with van der Waals surface area (Å²) in [6, 6.07) is 11.7. The fraction of sp³-hybridized carbons (Fsp3) is 0.133. The third-order valence-electron chi connectivity index (χ3n) is 3.27. The molecule has 0 saturated carbocycles. The van der Waals surface area contributed by atoms with Gasteiger partial charge in [-0.15, -0.1) is 0 Å². The van der Waals surface area contributed by atoms with E-state index < -0.39 is 7.82 Å². The highest BCUT2D eigenvalue weighted by Gasteiger charge is 2.30. The zero-order valence-corrected chi connectivity index (χ0v) is 14.4. The van der Waals surface area contributed by atoms with Gasteiger partial charge in [0.15, 0.2) is 5.78 Å². The van der Waals surface area contributed by atoms with E-state index in [0.717, 1.165) is 3.57 Å². The molecule has 0 heterocycles. The molecule has 1 aliphatic carbocycles. The van der Waals surface area contributed by atoms with E-state index in [9.17, 15) is 14.3 Å². The number of phosphoric ester groups is 1. The van der Waals surface area contributed by atoms with Crippen LogP contribution in [0.15, 0.2) is 42.5 Å². The molecular formula is C15H12IO5P. The number of hydrogen-bond donors (Lipinski definition) is 1. The summed E-state index contributed by atoms with van der Waals surface area (Å²) < 4.78 is 23.3. The number of ketones is 1. The van der Waals surface area contributed by atoms with Gasteiger partial charge in [0.05, 0.1) is 0 Å². The molecule has 1 N–H and O–H groups in total. The molecule has 114 valence electrons. The number of carbonyl (C=O) groups is 1. The van der Waals surface area contributed by atoms with E-state index in [1.165, 1.54) is 0 Å². The van der Waals surface area contributed by atoms with Gasteiger partial charge in [-0.05, 0) is 53.3 Å². The molecule has 3 rings (SSSR count). The lowest BCUT2D eigenvalue weighted by Gasteiger charge is -2.15. The van der Waals surface area contributed by atoms with E-state index in [0.29, 0.717) is 24.0 Å². The van der Waals surface area contributed by atoms with Gasteiger partial charge in [-0.25, -0.2) is 4.57 Å². The Labute approximate surface area is 141 Å². The van der Waals surface area contributed by atoms with Crippen molar-refractivity contribution in [3.63, 3.8) is 0 Å². The van der Waals surface area contributed by atoms with E-state index in [1.807, 2.05) is 6.07 Å². The quantitative estimate of drug-likeness (QED) is 0.587. The molecule has 2 aromatic rings. The van der Waals surface area contributed by atoms with E-state index in [1.54, 1.807) is 36.4 Å². The molecule has 1 unspecified atom stereocenters. The fourth-order valence-corrected chi connectivity index (χ4v) is 3.69. The highest BCUT2D eigenvalue weighted by atomic mass is 127. The van der Waals surface area contributed by atoms with Gasteiger partial charge < -0.3 is 9.05 Å². The van der Waals surface area contributed by atoms with Crippen LogP contribution in [-0.4, -0.2) is 10.7 Å². The molecule has 0 bridgehead atoms. The standard InChI is InChI=1S/C15H12IO5P/c16-10-3-1-4-11(9-10)20-22(18,19)21-15-6-2-5-12-13(15)7-8-14(12)17/h1-6,9H,7-8H2,(H,18,19). The highest BCUT2D eigenvalue weighted by Crippen LogP contribution is 2.46. The Morgan fingerprint density at radius 3 is 2.64 bits per heavy atom. The summed E-state index contributed by atoms with van der Waals surface area (Å²) in [7, 11) is -4.32. The number of rotatable bonds is 4. The van der Waals surface area contributed by atoms with Crippen LogP contribution < -0.4 is 9.05 Å². The second-order valence-corrected chi connectivity index (χ2v) is 7.36. The lowest BCUT2D eigenvalue weighted by molar-refractivity contribution is 0.0994. The van der Waals surface area contributed by atoms with Crippen LogP contribution in [0.1, 0.15) is 22.3 Å². The molecule has 5 nitrogen and oxygen atoms in total. The van der Waals surface area contributed by atoms with Gasteiger partial charge in [0.1, 0.15) is 11.5 Å². The minimum absolute atomic E-state index is 0.0201. The van der Waals surface area contributed by atoms with Crippen LogP contribution in [0, 0.1) is 3.57 Å². The molecule has 1 atom stereocenters. The summed E-state index contributed by atoms with van der Waals surface area (Å²) in [6.07, 6.45) is 0.900. The van der Waals surface area contributed by atoms with Crippen LogP contribution in [0.5, 0.6) is 11.5 Å². The fourth-order valence-electron chi connectivity index (χ4n) is 2.34. The number of fused-ring (bicyclic) bond motifs is 1. The van der Waals surface area contributed by atoms with Crippen molar-refractivity contribution in [3.05, 3.63) is 57.2 Å². The van der Waals surface area contributed by atoms with Gasteiger partial charge in [0.25, 0.3) is 0 Å². The molecular weight excluding hydrogens is 418 g/mol. The van der Waals surface area contributed by atoms with Crippen LogP contribution in [0.25, 0.3) is 0 Å². The average Bonchev–Trinajstić information content (AvgIpc) is 2.81. The highest BCUT2D eigenvalue weighted by molar-refractivity contribution is 14.1. The van der Waals surface area contributed by atoms with Crippen molar-refractivity contribution >= 4 is 36.2 Å². The van der Waals surface area contributed by atoms with Crippen molar-refractivity contribution in [1.29, 1.82) is 0 Å². The van der Waals surface area contributed by atoms with Crippen LogP contribution in [0.2, 0.25) is 0 Å². The van der Waals surface area contributed by atoms with E-state index >= 15 is 0 Å². The molecule has 0 spiro atoms. The normalized spacial score (nSPS) is 16.0. The Morgan fingerprint density at radius 2 is 1.86 bits per heavy atom. The maximum absolute atomic E-state index is 12.2. The van der Waals surface area contributed by atoms with Crippen molar-refractivity contribution < 1.29 is 23.3 Å². The summed E-state index contributed by atoms with van der Waals surface area (Å²) in [4.78, 5) is 21.6. The Hall–Kier alpha value is -1.37. The topological polar surface area (TPSA) is 72.8 Å². The number of benzene rings is 2. The lowest BCUT2D eigenvalue weighted by atomic mass is 10.1. The first-order chi connectivity index (χ1) is 10.4. The molecule has 22 heavy (non-hydrogen) atoms. The predicted octanol–water partition coefficient (Wildman–Crippen LogP) is 3.98. The van der Waals surface area contributed by atoms with E-state index in [-0.39, 0.29) is 17.3 Å². The molecule has 1 aliphatic rings. The molecule has 0 saturated heterocycles. The Morgan fingerprint density at radius 1 is 1.09 bits per heavy atom. The maximum Gasteiger partial charge on any atom is 0.584 e. The second kappa shape index (κ2) is 6.02. The Balaban J connectivity index is 1.83. The van der Waals surface area contributed by atoms with Crippen molar-refractivity contribution in [2.45, 2.75) is 12.8 Å². The number of carbonyl (C=O) groups excluding carboxylic acids is 1. The maximum atomic E-state index is 12.2. The first-order valence-corrected chi connectivity index (χ1v) is 9.15. The van der Waals surface area contributed by atoms with Gasteiger partial charge in [0.2, 0.25) is 0 Å². The molecule has 0 aliphatic heterocycles. The Kier molecular flexibility index (Phi) is 4.25. The first kappa shape index (κ1) is 15.5. The van der Waals surface area contributed by atoms with Gasteiger partial charge in [-0.1, -0.05) is 18.2 Å². The Bertz CT molecular complexity index is 789. The van der Waals surface area contributed by atoms with E-state index in [4.69, 9.17) is 9.05 Å². The molecule has 2 aromatic carbocycles. The molecule has 0 aromatic heterocycles. The average molecular weight is 430 g/mol. The summed E-state index contributed by atoms with van der Waals surface area (Å²) in [5, 5.41) is 0. The zero-order chi connectivity index (χ0) is 15.7. The number of phosphoric acid groups is 1. The second-order valence-electron chi connectivity index (χ2n) is 4.81. The summed E-state index contributed by atoms with van der Waals surface area (Å²) >= 11 is 2.08. The predicted molar refractivity (Wildman–Crippen MR) is 89.3 cm³/mol. The van der Waals surface area contributed by atoms with Gasteiger partial charge in [0, 0.05) is 21.1 Å². The summed E-state index contributed by atoms with van der Waals surface area (Å²) in [5.74, 6) is 0.493. The van der Waals surface area contributed by atoms with Gasteiger partial charge in [-0.3, -0.25) is 9.69 Å². The smallest absolute Gasteiger partial charge is 0.395 e. The first-order valence-electron chi connectivity index (χ1n) is 6.57. The van der Waals surface area contributed by atoms with Crippen molar-refractivity contribution in [3.8, 4) is 11.5 Å². The largest absolute Gasteiger partial charge is 0.584 e. The SMILES string of the molecule is O=C1CCc2c(OP(=O)(O)Oc3cccc(I)c3)cccc21. The molecule has 0 amide bonds. The van der Waals surface area contributed by atoms with Crippen LogP contribution in [0.4, 0.5) is 0 Å². The van der Waals surface area contributed by atoms with Crippen molar-refractivity contribution in [2.24, 2.45) is 0 Å². The lowest BCUT2D eigenvalue weighted by Crippen LogP contribution is -2.02. The van der Waals surface area contributed by atoms with Crippen LogP contribution in [-0.2, 0) is 11.0 Å².